The van der Waals surface area contributed by atoms with Gasteiger partial charge in [-0.3, -0.25) is 0 Å². The Morgan fingerprint density at radius 1 is 1.33 bits per heavy atom. The molecule has 0 spiro atoms. The standard InChI is InChI=1S/C14H28N4/c1-6-12(4)7-13(15-5)8-14-16-10-17-18(14)9-11(2)3/h10-13,15H,6-9H2,1-5H3. The van der Waals surface area contributed by atoms with E-state index in [1.807, 2.05) is 11.7 Å². The SMILES string of the molecule is CCC(C)CC(Cc1ncnn1CC(C)C)NC. The normalized spacial score (nSPS) is 15.0. The fraction of sp³-hybridized carbons (Fsp3) is 0.857. The molecule has 1 rings (SSSR count). The fourth-order valence-corrected chi connectivity index (χ4v) is 2.12. The number of nitrogens with zero attached hydrogens (tertiary/aromatic N) is 3. The van der Waals surface area contributed by atoms with E-state index in [-0.39, 0.29) is 0 Å². The van der Waals surface area contributed by atoms with Crippen LogP contribution < -0.4 is 5.32 Å². The van der Waals surface area contributed by atoms with Crippen LogP contribution in [-0.4, -0.2) is 27.9 Å². The Balaban J connectivity index is 2.61. The van der Waals surface area contributed by atoms with Crippen molar-refractivity contribution in [1.29, 1.82) is 0 Å². The lowest BCUT2D eigenvalue weighted by Gasteiger charge is -2.20. The number of nitrogens with one attached hydrogen (secondary N) is 1. The van der Waals surface area contributed by atoms with Crippen LogP contribution in [-0.2, 0) is 13.0 Å². The highest BCUT2D eigenvalue weighted by Crippen LogP contribution is 2.13. The first-order valence-electron chi connectivity index (χ1n) is 7.10. The van der Waals surface area contributed by atoms with Crippen LogP contribution in [0.2, 0.25) is 0 Å². The van der Waals surface area contributed by atoms with Crippen LogP contribution in [0.5, 0.6) is 0 Å². The van der Waals surface area contributed by atoms with Crippen LogP contribution in [0.15, 0.2) is 6.33 Å². The highest BCUT2D eigenvalue weighted by Gasteiger charge is 2.15. The monoisotopic (exact) mass is 252 g/mol. The van der Waals surface area contributed by atoms with Gasteiger partial charge in [-0.25, -0.2) is 9.67 Å². The van der Waals surface area contributed by atoms with E-state index in [1.54, 1.807) is 6.33 Å². The Morgan fingerprint density at radius 3 is 2.61 bits per heavy atom. The number of hydrogen-bond acceptors (Lipinski definition) is 3. The van der Waals surface area contributed by atoms with Crippen molar-refractivity contribution in [2.45, 2.75) is 59.5 Å². The Bertz CT molecular complexity index is 332. The van der Waals surface area contributed by atoms with Gasteiger partial charge < -0.3 is 5.32 Å². The summed E-state index contributed by atoms with van der Waals surface area (Å²) < 4.78 is 2.05. The third kappa shape index (κ3) is 4.77. The topological polar surface area (TPSA) is 42.7 Å². The highest BCUT2D eigenvalue weighted by molar-refractivity contribution is 4.90. The van der Waals surface area contributed by atoms with Gasteiger partial charge in [0.25, 0.3) is 0 Å². The van der Waals surface area contributed by atoms with Crippen molar-refractivity contribution >= 4 is 0 Å². The third-order valence-corrected chi connectivity index (χ3v) is 3.45. The molecular weight excluding hydrogens is 224 g/mol. The molecule has 2 unspecified atom stereocenters. The van der Waals surface area contributed by atoms with Crippen LogP contribution in [0.4, 0.5) is 0 Å². The van der Waals surface area contributed by atoms with Gasteiger partial charge in [0.15, 0.2) is 0 Å². The molecule has 0 saturated heterocycles. The Labute approximate surface area is 111 Å². The van der Waals surface area contributed by atoms with E-state index in [0.29, 0.717) is 12.0 Å². The molecule has 0 saturated carbocycles. The van der Waals surface area contributed by atoms with E-state index in [1.165, 1.54) is 12.8 Å². The zero-order valence-electron chi connectivity index (χ0n) is 12.5. The van der Waals surface area contributed by atoms with Crippen LogP contribution in [0.25, 0.3) is 0 Å². The van der Waals surface area contributed by atoms with Crippen LogP contribution in [0, 0.1) is 11.8 Å². The van der Waals surface area contributed by atoms with Crippen molar-refractivity contribution in [3.63, 3.8) is 0 Å². The summed E-state index contributed by atoms with van der Waals surface area (Å²) >= 11 is 0. The van der Waals surface area contributed by atoms with Crippen molar-refractivity contribution in [3.05, 3.63) is 12.2 Å². The summed E-state index contributed by atoms with van der Waals surface area (Å²) in [5.74, 6) is 2.46. The predicted octanol–water partition coefficient (Wildman–Crippen LogP) is 2.50. The van der Waals surface area contributed by atoms with E-state index < -0.39 is 0 Å². The smallest absolute Gasteiger partial charge is 0.138 e. The molecule has 1 aromatic rings. The van der Waals surface area contributed by atoms with Crippen LogP contribution in [0.1, 0.15) is 46.4 Å². The van der Waals surface area contributed by atoms with Crippen LogP contribution >= 0.6 is 0 Å². The maximum atomic E-state index is 4.40. The number of hydrogen-bond donors (Lipinski definition) is 1. The minimum atomic E-state index is 0.495. The summed E-state index contributed by atoms with van der Waals surface area (Å²) in [5, 5.41) is 7.73. The Kier molecular flexibility index (Phi) is 6.33. The second-order valence-corrected chi connectivity index (χ2v) is 5.69. The van der Waals surface area contributed by atoms with Gasteiger partial charge in [-0.05, 0) is 25.3 Å². The molecule has 18 heavy (non-hydrogen) atoms. The van der Waals surface area contributed by atoms with Crippen molar-refractivity contribution in [3.8, 4) is 0 Å². The van der Waals surface area contributed by atoms with Gasteiger partial charge in [0.1, 0.15) is 12.2 Å². The third-order valence-electron chi connectivity index (χ3n) is 3.45. The van der Waals surface area contributed by atoms with Gasteiger partial charge in [0.05, 0.1) is 0 Å². The molecule has 2 atom stereocenters. The lowest BCUT2D eigenvalue weighted by molar-refractivity contribution is 0.391. The minimum absolute atomic E-state index is 0.495. The first-order chi connectivity index (χ1) is 8.56. The quantitative estimate of drug-likeness (QED) is 0.773. The van der Waals surface area contributed by atoms with E-state index in [0.717, 1.165) is 24.7 Å². The minimum Gasteiger partial charge on any atom is -0.317 e. The summed E-state index contributed by atoms with van der Waals surface area (Å²) in [7, 11) is 2.04. The predicted molar refractivity (Wildman–Crippen MR) is 75.5 cm³/mol. The molecule has 0 amide bonds. The average Bonchev–Trinajstić information content (AvgIpc) is 2.74. The lowest BCUT2D eigenvalue weighted by Crippen LogP contribution is -2.31. The Hall–Kier alpha value is -0.900. The molecule has 4 nitrogen and oxygen atoms in total. The zero-order valence-corrected chi connectivity index (χ0v) is 12.5. The molecule has 1 heterocycles. The van der Waals surface area contributed by atoms with E-state index >= 15 is 0 Å². The molecule has 0 aliphatic rings. The van der Waals surface area contributed by atoms with Crippen molar-refractivity contribution in [2.75, 3.05) is 7.05 Å². The highest BCUT2D eigenvalue weighted by atomic mass is 15.3. The summed E-state index contributed by atoms with van der Waals surface area (Å²) in [6, 6.07) is 0.495. The largest absolute Gasteiger partial charge is 0.317 e. The molecular formula is C14H28N4. The van der Waals surface area contributed by atoms with E-state index in [9.17, 15) is 0 Å². The van der Waals surface area contributed by atoms with Gasteiger partial charge in [0.2, 0.25) is 0 Å². The van der Waals surface area contributed by atoms with E-state index in [4.69, 9.17) is 0 Å². The molecule has 0 radical (unpaired) electrons. The summed E-state index contributed by atoms with van der Waals surface area (Å²) in [6.07, 6.45) is 5.07. The molecule has 1 N–H and O–H groups in total. The van der Waals surface area contributed by atoms with Crippen molar-refractivity contribution < 1.29 is 0 Å². The summed E-state index contributed by atoms with van der Waals surface area (Å²) in [6.45, 7) is 9.93. The second-order valence-electron chi connectivity index (χ2n) is 5.69. The van der Waals surface area contributed by atoms with Gasteiger partial charge in [0, 0.05) is 19.0 Å². The Morgan fingerprint density at radius 2 is 2.06 bits per heavy atom. The summed E-state index contributed by atoms with van der Waals surface area (Å²) in [4.78, 5) is 4.40. The van der Waals surface area contributed by atoms with Gasteiger partial charge in [-0.1, -0.05) is 34.1 Å². The molecule has 0 aliphatic carbocycles. The maximum absolute atomic E-state index is 4.40. The molecule has 4 heteroatoms. The van der Waals surface area contributed by atoms with Crippen molar-refractivity contribution in [1.82, 2.24) is 20.1 Å². The number of aromatic nitrogens is 3. The van der Waals surface area contributed by atoms with E-state index in [2.05, 4.69) is 43.1 Å². The van der Waals surface area contributed by atoms with Gasteiger partial charge in [-0.15, -0.1) is 0 Å². The lowest BCUT2D eigenvalue weighted by atomic mass is 9.97. The van der Waals surface area contributed by atoms with Crippen molar-refractivity contribution in [2.24, 2.45) is 11.8 Å². The number of rotatable bonds is 8. The van der Waals surface area contributed by atoms with Crippen LogP contribution in [0.3, 0.4) is 0 Å². The first kappa shape index (κ1) is 15.2. The number of likely N-dealkylation sites (N-methyl/N-ethyl adjacent to an activating group) is 1. The van der Waals surface area contributed by atoms with Gasteiger partial charge >= 0.3 is 0 Å². The zero-order chi connectivity index (χ0) is 13.5. The first-order valence-corrected chi connectivity index (χ1v) is 7.10. The maximum Gasteiger partial charge on any atom is 0.138 e. The molecule has 0 aromatic carbocycles. The molecule has 0 aliphatic heterocycles. The molecule has 0 fully saturated rings. The molecule has 0 bridgehead atoms. The average molecular weight is 252 g/mol. The second kappa shape index (κ2) is 7.52. The van der Waals surface area contributed by atoms with Gasteiger partial charge in [-0.2, -0.15) is 5.10 Å². The fourth-order valence-electron chi connectivity index (χ4n) is 2.12. The molecule has 104 valence electrons. The molecule has 1 aromatic heterocycles. The summed E-state index contributed by atoms with van der Waals surface area (Å²) in [5.41, 5.74) is 0.